The van der Waals surface area contributed by atoms with Gasteiger partial charge in [-0.2, -0.15) is 4.36 Å². The summed E-state index contributed by atoms with van der Waals surface area (Å²) in [7, 11) is -2.53. The van der Waals surface area contributed by atoms with E-state index in [0.29, 0.717) is 41.4 Å². The second-order valence-corrected chi connectivity index (χ2v) is 10.1. The third kappa shape index (κ3) is 5.74. The molecular weight excluding hydrogens is 440 g/mol. The fraction of sp³-hybridized carbons (Fsp3) is 0.208. The van der Waals surface area contributed by atoms with Gasteiger partial charge in [0.05, 0.1) is 21.6 Å². The number of nitrogens with one attached hydrogen (secondary N) is 2. The second kappa shape index (κ2) is 9.81. The maximum absolute atomic E-state index is 12.7. The maximum atomic E-state index is 12.7. The summed E-state index contributed by atoms with van der Waals surface area (Å²) in [6.07, 6.45) is 4.41. The molecule has 1 aliphatic rings. The molecule has 3 aromatic rings. The lowest BCUT2D eigenvalue weighted by molar-refractivity contribution is 0.0991. The van der Waals surface area contributed by atoms with E-state index in [1.807, 2.05) is 0 Å². The molecule has 1 saturated heterocycles. The van der Waals surface area contributed by atoms with Crippen molar-refractivity contribution in [2.24, 2.45) is 4.36 Å². The van der Waals surface area contributed by atoms with Crippen molar-refractivity contribution in [1.82, 2.24) is 10.3 Å². The third-order valence-electron chi connectivity index (χ3n) is 4.97. The fourth-order valence-corrected chi connectivity index (χ4v) is 4.94. The Balaban J connectivity index is 1.50. The number of aryl methyl sites for hydroxylation is 1. The Labute approximate surface area is 192 Å². The molecule has 33 heavy (non-hydrogen) atoms. The molecule has 0 saturated carbocycles. The Morgan fingerprint density at radius 3 is 2.67 bits per heavy atom. The van der Waals surface area contributed by atoms with Crippen LogP contribution >= 0.6 is 0 Å². The molecule has 0 bridgehead atoms. The lowest BCUT2D eigenvalue weighted by Gasteiger charge is -2.16. The first kappa shape index (κ1) is 22.5. The van der Waals surface area contributed by atoms with Gasteiger partial charge in [0, 0.05) is 59.4 Å². The van der Waals surface area contributed by atoms with Gasteiger partial charge in [-0.05, 0) is 37.3 Å². The van der Waals surface area contributed by atoms with Crippen molar-refractivity contribution in [3.63, 3.8) is 0 Å². The highest BCUT2D eigenvalue weighted by Crippen LogP contribution is 2.15. The van der Waals surface area contributed by atoms with Crippen molar-refractivity contribution in [2.45, 2.75) is 6.92 Å². The molecule has 0 aliphatic carbocycles. The van der Waals surface area contributed by atoms with E-state index in [4.69, 9.17) is 4.42 Å². The van der Waals surface area contributed by atoms with Crippen LogP contribution in [0, 0.1) is 18.8 Å². The van der Waals surface area contributed by atoms with E-state index in [1.165, 1.54) is 12.5 Å². The molecule has 0 radical (unpaired) electrons. The SMILES string of the molecule is Cc1ccoc1C(=O)Nc1cccc(C#Cc2cncc(C(=O)N=S3(=O)CCNCC3)c2)c1. The van der Waals surface area contributed by atoms with Gasteiger partial charge < -0.3 is 15.1 Å². The molecule has 2 aromatic heterocycles. The molecule has 168 valence electrons. The van der Waals surface area contributed by atoms with Gasteiger partial charge >= 0.3 is 0 Å². The molecule has 9 heteroatoms. The minimum Gasteiger partial charge on any atom is -0.459 e. The van der Waals surface area contributed by atoms with E-state index in [1.54, 1.807) is 49.5 Å². The van der Waals surface area contributed by atoms with E-state index >= 15 is 0 Å². The zero-order valence-corrected chi connectivity index (χ0v) is 18.8. The molecule has 2 amide bonds. The van der Waals surface area contributed by atoms with Gasteiger partial charge in [0.25, 0.3) is 11.8 Å². The number of carbonyl (C=O) groups excluding carboxylic acids is 2. The summed E-state index contributed by atoms with van der Waals surface area (Å²) in [6, 6.07) is 10.4. The van der Waals surface area contributed by atoms with Crippen molar-refractivity contribution < 1.29 is 18.2 Å². The lowest BCUT2D eigenvalue weighted by Crippen LogP contribution is -2.36. The predicted octanol–water partition coefficient (Wildman–Crippen LogP) is 2.85. The van der Waals surface area contributed by atoms with Crippen LogP contribution in [0.1, 0.15) is 37.6 Å². The van der Waals surface area contributed by atoms with E-state index in [2.05, 4.69) is 31.8 Å². The topological polar surface area (TPSA) is 114 Å². The van der Waals surface area contributed by atoms with Crippen LogP contribution in [0.3, 0.4) is 0 Å². The number of pyridine rings is 1. The number of carbonyl (C=O) groups is 2. The summed E-state index contributed by atoms with van der Waals surface area (Å²) < 4.78 is 21.9. The Bertz CT molecular complexity index is 1380. The Morgan fingerprint density at radius 2 is 1.91 bits per heavy atom. The molecule has 4 rings (SSSR count). The fourth-order valence-electron chi connectivity index (χ4n) is 3.22. The van der Waals surface area contributed by atoms with E-state index in [9.17, 15) is 13.8 Å². The van der Waals surface area contributed by atoms with Crippen LogP contribution in [0.2, 0.25) is 0 Å². The van der Waals surface area contributed by atoms with Crippen molar-refractivity contribution in [2.75, 3.05) is 29.9 Å². The highest BCUT2D eigenvalue weighted by atomic mass is 32.2. The number of hydrogen-bond acceptors (Lipinski definition) is 6. The summed E-state index contributed by atoms with van der Waals surface area (Å²) in [5, 5.41) is 5.90. The maximum Gasteiger partial charge on any atom is 0.291 e. The molecule has 3 heterocycles. The molecular formula is C24H22N4O4S. The highest BCUT2D eigenvalue weighted by Gasteiger charge is 2.17. The first-order valence-electron chi connectivity index (χ1n) is 10.3. The van der Waals surface area contributed by atoms with E-state index < -0.39 is 15.6 Å². The second-order valence-electron chi connectivity index (χ2n) is 7.51. The summed E-state index contributed by atoms with van der Waals surface area (Å²) in [6.45, 7) is 2.96. The lowest BCUT2D eigenvalue weighted by atomic mass is 10.1. The van der Waals surface area contributed by atoms with Gasteiger partial charge in [0.15, 0.2) is 5.76 Å². The van der Waals surface area contributed by atoms with Gasteiger partial charge in [-0.25, -0.2) is 4.21 Å². The van der Waals surface area contributed by atoms with Crippen molar-refractivity contribution in [3.05, 3.63) is 83.1 Å². The van der Waals surface area contributed by atoms with E-state index in [0.717, 1.165) is 5.56 Å². The number of rotatable bonds is 3. The van der Waals surface area contributed by atoms with Crippen LogP contribution in [0.5, 0.6) is 0 Å². The number of furan rings is 1. The minimum atomic E-state index is -2.53. The average molecular weight is 463 g/mol. The third-order valence-corrected chi connectivity index (χ3v) is 7.15. The van der Waals surface area contributed by atoms with Gasteiger partial charge in [0.1, 0.15) is 0 Å². The summed E-state index contributed by atoms with van der Waals surface area (Å²) in [5.74, 6) is 6.07. The van der Waals surface area contributed by atoms with Crippen molar-refractivity contribution in [1.29, 1.82) is 0 Å². The van der Waals surface area contributed by atoms with Gasteiger partial charge in [-0.15, -0.1) is 0 Å². The van der Waals surface area contributed by atoms with Gasteiger partial charge in [-0.1, -0.05) is 17.9 Å². The Hall–Kier alpha value is -3.74. The molecule has 2 N–H and O–H groups in total. The molecule has 0 atom stereocenters. The quantitative estimate of drug-likeness (QED) is 0.579. The van der Waals surface area contributed by atoms with Crippen LogP contribution in [0.25, 0.3) is 0 Å². The van der Waals surface area contributed by atoms with Gasteiger partial charge in [-0.3, -0.25) is 14.6 Å². The number of benzene rings is 1. The number of amides is 2. The number of nitrogens with zero attached hydrogens (tertiary/aromatic N) is 2. The summed E-state index contributed by atoms with van der Waals surface area (Å²) in [4.78, 5) is 28.9. The number of hydrogen-bond donors (Lipinski definition) is 2. The zero-order valence-electron chi connectivity index (χ0n) is 18.0. The van der Waals surface area contributed by atoms with Crippen LogP contribution in [0.15, 0.2) is 63.8 Å². The molecule has 0 spiro atoms. The minimum absolute atomic E-state index is 0.248. The average Bonchev–Trinajstić information content (AvgIpc) is 3.24. The van der Waals surface area contributed by atoms with Crippen molar-refractivity contribution >= 4 is 27.2 Å². The highest BCUT2D eigenvalue weighted by molar-refractivity contribution is 7.94. The summed E-state index contributed by atoms with van der Waals surface area (Å²) >= 11 is 0. The molecule has 1 aliphatic heterocycles. The Morgan fingerprint density at radius 1 is 1.12 bits per heavy atom. The van der Waals surface area contributed by atoms with Crippen LogP contribution in [-0.2, 0) is 9.73 Å². The first-order chi connectivity index (χ1) is 15.9. The monoisotopic (exact) mass is 462 g/mol. The molecule has 0 unspecified atom stereocenters. The van der Waals surface area contributed by atoms with Gasteiger partial charge in [0.2, 0.25) is 0 Å². The molecule has 8 nitrogen and oxygen atoms in total. The first-order valence-corrected chi connectivity index (χ1v) is 12.2. The zero-order chi connectivity index (χ0) is 23.3. The van der Waals surface area contributed by atoms with Crippen LogP contribution in [-0.4, -0.2) is 45.6 Å². The number of aromatic nitrogens is 1. The van der Waals surface area contributed by atoms with Crippen molar-refractivity contribution in [3.8, 4) is 11.8 Å². The largest absolute Gasteiger partial charge is 0.459 e. The van der Waals surface area contributed by atoms with Crippen LogP contribution < -0.4 is 10.6 Å². The molecule has 1 fully saturated rings. The van der Waals surface area contributed by atoms with Crippen LogP contribution in [0.4, 0.5) is 5.69 Å². The normalized spacial score (nSPS) is 14.6. The standard InChI is InChI=1S/C24H22N4O4S/c1-17-7-10-32-22(17)24(30)27-21-4-2-3-18(14-21)5-6-19-13-20(16-26-15-19)23(29)28-33(31)11-8-25-9-12-33/h2-4,7,10,13-16,25H,8-9,11-12H2,1H3,(H,27,30). The summed E-state index contributed by atoms with van der Waals surface area (Å²) in [5.41, 5.74) is 2.77. The Kier molecular flexibility index (Phi) is 6.68. The van der Waals surface area contributed by atoms with E-state index in [-0.39, 0.29) is 17.2 Å². The smallest absolute Gasteiger partial charge is 0.291 e. The molecule has 1 aromatic carbocycles. The predicted molar refractivity (Wildman–Crippen MR) is 126 cm³/mol. The number of anilines is 1.